The summed E-state index contributed by atoms with van der Waals surface area (Å²) >= 11 is 0. The Bertz CT molecular complexity index is 3170. The summed E-state index contributed by atoms with van der Waals surface area (Å²) in [6, 6.07) is 50.5. The van der Waals surface area contributed by atoms with Crippen molar-refractivity contribution in [2.45, 2.75) is 12.8 Å². The fraction of sp³-hybridized carbons (Fsp3) is 0.0426. The van der Waals surface area contributed by atoms with Crippen LogP contribution < -0.4 is 0 Å². The molecule has 0 unspecified atom stereocenters. The third kappa shape index (κ3) is 4.86. The van der Waals surface area contributed by atoms with E-state index in [9.17, 15) is 0 Å². The van der Waals surface area contributed by atoms with Gasteiger partial charge in [-0.3, -0.25) is 8.97 Å². The van der Waals surface area contributed by atoms with Gasteiger partial charge in [0.25, 0.3) is 0 Å². The van der Waals surface area contributed by atoms with Crippen LogP contribution in [0.25, 0.3) is 94.8 Å². The maximum Gasteiger partial charge on any atom is 0.221 e. The number of para-hydroxylation sites is 4. The van der Waals surface area contributed by atoms with Crippen molar-refractivity contribution in [3.63, 3.8) is 0 Å². The van der Waals surface area contributed by atoms with Gasteiger partial charge in [-0.1, -0.05) is 121 Å². The van der Waals surface area contributed by atoms with E-state index in [-0.39, 0.29) is 0 Å². The lowest BCUT2D eigenvalue weighted by Gasteiger charge is -2.13. The molecule has 4 heterocycles. The highest BCUT2D eigenvalue weighted by molar-refractivity contribution is 6.10. The molecule has 0 amide bonds. The summed E-state index contributed by atoms with van der Waals surface area (Å²) in [6.45, 7) is 0. The van der Waals surface area contributed by atoms with Gasteiger partial charge in [0, 0.05) is 27.3 Å². The number of hydrogen-bond donors (Lipinski definition) is 0. The van der Waals surface area contributed by atoms with E-state index in [1.165, 1.54) is 5.39 Å². The molecule has 0 aliphatic heterocycles. The average Bonchev–Trinajstić information content (AvgIpc) is 3.80. The molecule has 0 spiro atoms. The molecule has 0 atom stereocenters. The largest absolute Gasteiger partial charge is 0.279 e. The van der Waals surface area contributed by atoms with Crippen LogP contribution in [-0.4, -0.2) is 33.9 Å². The smallest absolute Gasteiger partial charge is 0.221 e. The van der Waals surface area contributed by atoms with Gasteiger partial charge in [0.1, 0.15) is 5.65 Å². The Morgan fingerprint density at radius 2 is 1.11 bits per heavy atom. The van der Waals surface area contributed by atoms with Crippen LogP contribution in [0, 0.1) is 0 Å². The molecule has 0 saturated carbocycles. The second kappa shape index (κ2) is 12.2. The molecule has 10 aromatic rings. The van der Waals surface area contributed by atoms with Crippen LogP contribution in [-0.2, 0) is 0 Å². The number of allylic oxidation sites excluding steroid dienone is 4. The van der Waals surface area contributed by atoms with E-state index in [2.05, 4.69) is 130 Å². The summed E-state index contributed by atoms with van der Waals surface area (Å²) < 4.78 is 4.50. The van der Waals surface area contributed by atoms with Crippen molar-refractivity contribution in [1.29, 1.82) is 0 Å². The number of hydrogen-bond acceptors (Lipinski definition) is 5. The maximum atomic E-state index is 5.36. The van der Waals surface area contributed by atoms with Crippen molar-refractivity contribution in [3.05, 3.63) is 170 Å². The lowest BCUT2D eigenvalue weighted by molar-refractivity contribution is 0.978. The number of benzene rings is 6. The van der Waals surface area contributed by atoms with Crippen LogP contribution in [0.15, 0.2) is 164 Å². The minimum Gasteiger partial charge on any atom is -0.279 e. The van der Waals surface area contributed by atoms with Gasteiger partial charge in [0.15, 0.2) is 17.5 Å². The Morgan fingerprint density at radius 1 is 0.444 bits per heavy atom. The Kier molecular flexibility index (Phi) is 6.85. The van der Waals surface area contributed by atoms with E-state index >= 15 is 0 Å². The third-order valence-corrected chi connectivity index (χ3v) is 10.4. The Labute approximate surface area is 310 Å². The quantitative estimate of drug-likeness (QED) is 0.179. The zero-order valence-electron chi connectivity index (χ0n) is 29.1. The predicted molar refractivity (Wildman–Crippen MR) is 218 cm³/mol. The number of aromatic nitrogens is 7. The summed E-state index contributed by atoms with van der Waals surface area (Å²) in [4.78, 5) is 25.5. The predicted octanol–water partition coefficient (Wildman–Crippen LogP) is 11.1. The highest BCUT2D eigenvalue weighted by Gasteiger charge is 2.21. The van der Waals surface area contributed by atoms with E-state index in [4.69, 9.17) is 24.9 Å². The number of rotatable bonds is 5. The van der Waals surface area contributed by atoms with Crippen molar-refractivity contribution in [2.24, 2.45) is 0 Å². The molecule has 0 radical (unpaired) electrons. The SMILES string of the molecule is C1=CCCC(c2nc(-c3ccccc3)nc(-c3cccc(-c4ccc5c6ccccc6n(-c6nc7ccccc7c7nc8ccccc8n67)c5c4)c3)n2)=C1. The molecule has 1 aliphatic rings. The van der Waals surface area contributed by atoms with E-state index < -0.39 is 0 Å². The van der Waals surface area contributed by atoms with Crippen LogP contribution in [0.5, 0.6) is 0 Å². The molecule has 4 aromatic heterocycles. The lowest BCUT2D eigenvalue weighted by Crippen LogP contribution is -2.06. The number of fused-ring (bicyclic) bond motifs is 8. The van der Waals surface area contributed by atoms with Gasteiger partial charge in [-0.25, -0.2) is 24.9 Å². The molecule has 7 nitrogen and oxygen atoms in total. The van der Waals surface area contributed by atoms with E-state index in [1.807, 2.05) is 42.5 Å². The van der Waals surface area contributed by atoms with Gasteiger partial charge in [0.05, 0.1) is 27.6 Å². The molecule has 1 aliphatic carbocycles. The third-order valence-electron chi connectivity index (χ3n) is 10.4. The molecule has 0 fully saturated rings. The summed E-state index contributed by atoms with van der Waals surface area (Å²) in [6.07, 6.45) is 8.26. The molecule has 7 heteroatoms. The van der Waals surface area contributed by atoms with Crippen molar-refractivity contribution in [2.75, 3.05) is 0 Å². The molecule has 11 rings (SSSR count). The molecular formula is C47H31N7. The first-order valence-electron chi connectivity index (χ1n) is 18.2. The first-order chi connectivity index (χ1) is 26.8. The van der Waals surface area contributed by atoms with Crippen molar-refractivity contribution >= 4 is 55.0 Å². The Balaban J connectivity index is 1.12. The highest BCUT2D eigenvalue weighted by atomic mass is 15.2. The van der Waals surface area contributed by atoms with Gasteiger partial charge in [-0.2, -0.15) is 0 Å². The minimum absolute atomic E-state index is 0.654. The van der Waals surface area contributed by atoms with Crippen LogP contribution in [0.3, 0.4) is 0 Å². The molecule has 0 saturated heterocycles. The van der Waals surface area contributed by atoms with Gasteiger partial charge in [0.2, 0.25) is 5.95 Å². The zero-order valence-corrected chi connectivity index (χ0v) is 29.1. The minimum atomic E-state index is 0.654. The van der Waals surface area contributed by atoms with Gasteiger partial charge >= 0.3 is 0 Å². The standard InChI is InChI=1S/C47H31N7/c1-3-14-30(15-4-1)43-50-44(31-16-5-2-6-17-31)52-45(51-43)34-19-13-18-32(28-34)33-26-27-36-35-20-8-11-24-40(35)53(42(36)29-33)47-49-38-22-9-7-21-37(38)46-48-39-23-10-12-25-41(39)54(46)47/h1-5,7-16,18-29H,6,17H2. The van der Waals surface area contributed by atoms with Crippen molar-refractivity contribution in [1.82, 2.24) is 33.9 Å². The first kappa shape index (κ1) is 30.4. The van der Waals surface area contributed by atoms with Gasteiger partial charge in [-0.05, 0) is 72.0 Å². The molecule has 254 valence electrons. The lowest BCUT2D eigenvalue weighted by atomic mass is 10.0. The van der Waals surface area contributed by atoms with Gasteiger partial charge in [-0.15, -0.1) is 0 Å². The Hall–Kier alpha value is -7.25. The first-order valence-corrected chi connectivity index (χ1v) is 18.2. The molecule has 0 N–H and O–H groups in total. The maximum absolute atomic E-state index is 5.36. The molecule has 6 aromatic carbocycles. The number of nitrogens with zero attached hydrogens (tertiary/aromatic N) is 7. The summed E-state index contributed by atoms with van der Waals surface area (Å²) in [5, 5.41) is 3.34. The second-order valence-corrected chi connectivity index (χ2v) is 13.7. The van der Waals surface area contributed by atoms with E-state index in [1.54, 1.807) is 0 Å². The normalized spacial score (nSPS) is 13.1. The van der Waals surface area contributed by atoms with Crippen molar-refractivity contribution in [3.8, 4) is 39.9 Å². The number of imidazole rings is 1. The van der Waals surface area contributed by atoms with E-state index in [0.717, 1.165) is 96.4 Å². The monoisotopic (exact) mass is 693 g/mol. The van der Waals surface area contributed by atoms with Crippen LogP contribution in [0.1, 0.15) is 18.7 Å². The highest BCUT2D eigenvalue weighted by Crippen LogP contribution is 2.37. The van der Waals surface area contributed by atoms with Crippen LogP contribution in [0.4, 0.5) is 0 Å². The fourth-order valence-electron chi connectivity index (χ4n) is 7.83. The molecule has 0 bridgehead atoms. The van der Waals surface area contributed by atoms with Crippen LogP contribution >= 0.6 is 0 Å². The summed E-state index contributed by atoms with van der Waals surface area (Å²) in [7, 11) is 0. The summed E-state index contributed by atoms with van der Waals surface area (Å²) in [5.41, 5.74) is 11.0. The van der Waals surface area contributed by atoms with Gasteiger partial charge < -0.3 is 0 Å². The van der Waals surface area contributed by atoms with Crippen molar-refractivity contribution < 1.29 is 0 Å². The molecular weight excluding hydrogens is 663 g/mol. The zero-order chi connectivity index (χ0) is 35.6. The summed E-state index contributed by atoms with van der Waals surface area (Å²) in [5.74, 6) is 2.85. The van der Waals surface area contributed by atoms with Crippen LogP contribution in [0.2, 0.25) is 0 Å². The average molecular weight is 694 g/mol. The molecule has 54 heavy (non-hydrogen) atoms. The van der Waals surface area contributed by atoms with E-state index in [0.29, 0.717) is 11.6 Å². The Morgan fingerprint density at radius 3 is 1.96 bits per heavy atom. The topological polar surface area (TPSA) is 73.8 Å². The fourth-order valence-corrected chi connectivity index (χ4v) is 7.83. The second-order valence-electron chi connectivity index (χ2n) is 13.7.